The molecule has 0 saturated heterocycles. The van der Waals surface area contributed by atoms with E-state index >= 15 is 0 Å². The first kappa shape index (κ1) is 12.4. The van der Waals surface area contributed by atoms with Gasteiger partial charge in [-0.3, -0.25) is 9.98 Å². The molecule has 0 N–H and O–H groups in total. The SMILES string of the molecule is FC(F)(CN=Cc1ccccc1)c1ccncc1. The van der Waals surface area contributed by atoms with Crippen molar-refractivity contribution >= 4 is 6.21 Å². The zero-order valence-corrected chi connectivity index (χ0v) is 9.63. The van der Waals surface area contributed by atoms with E-state index in [1.54, 1.807) is 0 Å². The minimum Gasteiger partial charge on any atom is -0.286 e. The second-order valence-corrected chi connectivity index (χ2v) is 3.82. The average molecular weight is 246 g/mol. The fourth-order valence-electron chi connectivity index (χ4n) is 1.49. The first-order chi connectivity index (χ1) is 8.68. The minimum absolute atomic E-state index is 0.0669. The molecule has 2 rings (SSSR count). The molecule has 0 atom stereocenters. The number of rotatable bonds is 4. The molecule has 0 saturated carbocycles. The van der Waals surface area contributed by atoms with Crippen molar-refractivity contribution in [2.45, 2.75) is 5.92 Å². The molecule has 1 aromatic carbocycles. The Morgan fingerprint density at radius 1 is 1.06 bits per heavy atom. The largest absolute Gasteiger partial charge is 0.292 e. The van der Waals surface area contributed by atoms with Gasteiger partial charge in [0, 0.05) is 24.2 Å². The summed E-state index contributed by atoms with van der Waals surface area (Å²) >= 11 is 0. The Hall–Kier alpha value is -2.10. The van der Waals surface area contributed by atoms with Gasteiger partial charge >= 0.3 is 0 Å². The Kier molecular flexibility index (Phi) is 3.77. The van der Waals surface area contributed by atoms with Gasteiger partial charge in [0.2, 0.25) is 0 Å². The van der Waals surface area contributed by atoms with Crippen molar-refractivity contribution in [1.82, 2.24) is 4.98 Å². The third-order valence-corrected chi connectivity index (χ3v) is 2.43. The van der Waals surface area contributed by atoms with Gasteiger partial charge < -0.3 is 0 Å². The predicted octanol–water partition coefficient (Wildman–Crippen LogP) is 3.29. The maximum atomic E-state index is 13.7. The van der Waals surface area contributed by atoms with Crippen LogP contribution in [-0.2, 0) is 5.92 Å². The summed E-state index contributed by atoms with van der Waals surface area (Å²) < 4.78 is 27.4. The van der Waals surface area contributed by atoms with Crippen molar-refractivity contribution in [1.29, 1.82) is 0 Å². The van der Waals surface area contributed by atoms with Crippen molar-refractivity contribution < 1.29 is 8.78 Å². The van der Waals surface area contributed by atoms with Gasteiger partial charge in [0.1, 0.15) is 6.54 Å². The summed E-state index contributed by atoms with van der Waals surface area (Å²) in [5.41, 5.74) is 0.741. The molecule has 0 radical (unpaired) electrons. The van der Waals surface area contributed by atoms with E-state index in [1.165, 1.54) is 30.7 Å². The molecule has 0 fully saturated rings. The molecule has 1 heterocycles. The van der Waals surface area contributed by atoms with Crippen molar-refractivity contribution in [3.8, 4) is 0 Å². The molecule has 0 aliphatic heterocycles. The fourth-order valence-corrected chi connectivity index (χ4v) is 1.49. The quantitative estimate of drug-likeness (QED) is 0.760. The molecule has 2 aromatic rings. The number of alkyl halides is 2. The number of nitrogens with zero attached hydrogens (tertiary/aromatic N) is 2. The number of aliphatic imine (C=N–C) groups is 1. The highest BCUT2D eigenvalue weighted by Crippen LogP contribution is 2.27. The first-order valence-electron chi connectivity index (χ1n) is 5.52. The van der Waals surface area contributed by atoms with Crippen LogP contribution in [0.1, 0.15) is 11.1 Å². The molecular weight excluding hydrogens is 234 g/mol. The van der Waals surface area contributed by atoms with Crippen LogP contribution < -0.4 is 0 Å². The minimum atomic E-state index is -2.96. The lowest BCUT2D eigenvalue weighted by Crippen LogP contribution is -2.17. The lowest BCUT2D eigenvalue weighted by atomic mass is 10.1. The second-order valence-electron chi connectivity index (χ2n) is 3.82. The molecule has 2 nitrogen and oxygen atoms in total. The van der Waals surface area contributed by atoms with Crippen molar-refractivity contribution in [3.05, 3.63) is 66.0 Å². The highest BCUT2D eigenvalue weighted by Gasteiger charge is 2.30. The summed E-state index contributed by atoms with van der Waals surface area (Å²) in [4.78, 5) is 7.51. The van der Waals surface area contributed by atoms with Crippen LogP contribution in [0.2, 0.25) is 0 Å². The highest BCUT2D eigenvalue weighted by molar-refractivity contribution is 5.79. The van der Waals surface area contributed by atoms with Gasteiger partial charge in [-0.05, 0) is 17.7 Å². The van der Waals surface area contributed by atoms with Crippen LogP contribution in [0.5, 0.6) is 0 Å². The zero-order chi connectivity index (χ0) is 12.8. The van der Waals surface area contributed by atoms with Gasteiger partial charge in [0.25, 0.3) is 5.92 Å². The lowest BCUT2D eigenvalue weighted by Gasteiger charge is -2.13. The molecule has 0 amide bonds. The van der Waals surface area contributed by atoms with Crippen molar-refractivity contribution in [3.63, 3.8) is 0 Å². The van der Waals surface area contributed by atoms with Gasteiger partial charge in [-0.25, -0.2) is 0 Å². The van der Waals surface area contributed by atoms with Gasteiger partial charge in [-0.2, -0.15) is 8.78 Å². The number of benzene rings is 1. The van der Waals surface area contributed by atoms with E-state index in [0.717, 1.165) is 5.56 Å². The average Bonchev–Trinajstić information content (AvgIpc) is 2.41. The van der Waals surface area contributed by atoms with Crippen LogP contribution in [0.25, 0.3) is 0 Å². The van der Waals surface area contributed by atoms with Crippen LogP contribution in [-0.4, -0.2) is 17.7 Å². The topological polar surface area (TPSA) is 25.2 Å². The molecule has 1 aromatic heterocycles. The zero-order valence-electron chi connectivity index (χ0n) is 9.63. The first-order valence-corrected chi connectivity index (χ1v) is 5.52. The number of hydrogen-bond acceptors (Lipinski definition) is 2. The van der Waals surface area contributed by atoms with Gasteiger partial charge in [-0.15, -0.1) is 0 Å². The van der Waals surface area contributed by atoms with Crippen LogP contribution in [0.15, 0.2) is 59.9 Å². The number of halogens is 2. The van der Waals surface area contributed by atoms with Crippen LogP contribution in [0.4, 0.5) is 8.78 Å². The Morgan fingerprint density at radius 2 is 1.72 bits per heavy atom. The van der Waals surface area contributed by atoms with E-state index in [1.807, 2.05) is 30.3 Å². The van der Waals surface area contributed by atoms with Crippen LogP contribution in [0.3, 0.4) is 0 Å². The lowest BCUT2D eigenvalue weighted by molar-refractivity contribution is 0.00660. The number of hydrogen-bond donors (Lipinski definition) is 0. The van der Waals surface area contributed by atoms with Crippen molar-refractivity contribution in [2.24, 2.45) is 4.99 Å². The van der Waals surface area contributed by atoms with Gasteiger partial charge in [0.15, 0.2) is 0 Å². The second kappa shape index (κ2) is 5.49. The molecule has 0 bridgehead atoms. The summed E-state index contributed by atoms with van der Waals surface area (Å²) in [6.07, 6.45) is 4.16. The van der Waals surface area contributed by atoms with Gasteiger partial charge in [-0.1, -0.05) is 30.3 Å². The summed E-state index contributed by atoms with van der Waals surface area (Å²) in [7, 11) is 0. The third-order valence-electron chi connectivity index (χ3n) is 2.43. The number of aromatic nitrogens is 1. The molecular formula is C14H12F2N2. The Balaban J connectivity index is 2.04. The molecule has 0 aliphatic rings. The Labute approximate surface area is 104 Å². The summed E-state index contributed by atoms with van der Waals surface area (Å²) in [5.74, 6) is -2.96. The van der Waals surface area contributed by atoms with E-state index < -0.39 is 12.5 Å². The van der Waals surface area contributed by atoms with Crippen molar-refractivity contribution in [2.75, 3.05) is 6.54 Å². The van der Waals surface area contributed by atoms with Crippen LogP contribution in [0, 0.1) is 0 Å². The predicted molar refractivity (Wildman–Crippen MR) is 67.0 cm³/mol. The number of pyridine rings is 1. The van der Waals surface area contributed by atoms with E-state index in [0.29, 0.717) is 0 Å². The van der Waals surface area contributed by atoms with Crippen LogP contribution >= 0.6 is 0 Å². The fraction of sp³-hybridized carbons (Fsp3) is 0.143. The van der Waals surface area contributed by atoms with E-state index in [4.69, 9.17) is 0 Å². The molecule has 18 heavy (non-hydrogen) atoms. The van der Waals surface area contributed by atoms with E-state index in [9.17, 15) is 8.78 Å². The Bertz CT molecular complexity index is 510. The third kappa shape index (κ3) is 3.20. The Morgan fingerprint density at radius 3 is 2.39 bits per heavy atom. The highest BCUT2D eigenvalue weighted by atomic mass is 19.3. The summed E-state index contributed by atoms with van der Waals surface area (Å²) in [5, 5.41) is 0. The summed E-state index contributed by atoms with van der Waals surface area (Å²) in [6, 6.07) is 11.8. The molecule has 92 valence electrons. The smallest absolute Gasteiger partial charge is 0.286 e. The van der Waals surface area contributed by atoms with E-state index in [2.05, 4.69) is 9.98 Å². The summed E-state index contributed by atoms with van der Waals surface area (Å²) in [6.45, 7) is -0.564. The van der Waals surface area contributed by atoms with E-state index in [-0.39, 0.29) is 5.56 Å². The molecule has 0 spiro atoms. The standard InChI is InChI=1S/C14H12F2N2/c15-14(16,13-6-8-17-9-7-13)11-18-10-12-4-2-1-3-5-12/h1-10H,11H2. The normalized spacial score (nSPS) is 11.9. The maximum absolute atomic E-state index is 13.7. The monoisotopic (exact) mass is 246 g/mol. The van der Waals surface area contributed by atoms with Gasteiger partial charge in [0.05, 0.1) is 0 Å². The molecule has 0 unspecified atom stereocenters. The maximum Gasteiger partial charge on any atom is 0.292 e. The molecule has 4 heteroatoms. The molecule has 0 aliphatic carbocycles.